The second kappa shape index (κ2) is 7.64. The van der Waals surface area contributed by atoms with Crippen molar-refractivity contribution in [1.29, 1.82) is 0 Å². The molecule has 5 nitrogen and oxygen atoms in total. The van der Waals surface area contributed by atoms with Gasteiger partial charge in [-0.3, -0.25) is 10.1 Å². The lowest BCUT2D eigenvalue weighted by molar-refractivity contribution is -0.383. The van der Waals surface area contributed by atoms with Crippen molar-refractivity contribution in [2.45, 2.75) is 19.8 Å². The molecule has 2 aromatic rings. The molecule has 0 fully saturated rings. The van der Waals surface area contributed by atoms with Gasteiger partial charge in [-0.1, -0.05) is 13.0 Å². The summed E-state index contributed by atoms with van der Waals surface area (Å²) in [4.78, 5) is 11.0. The molecule has 0 aliphatic carbocycles. The van der Waals surface area contributed by atoms with Gasteiger partial charge in [0, 0.05) is 13.1 Å². The van der Waals surface area contributed by atoms with Gasteiger partial charge >= 0.3 is 5.69 Å². The fraction of sp³-hybridized carbons (Fsp3) is 0.333. The van der Waals surface area contributed by atoms with Crippen LogP contribution in [0.1, 0.15) is 18.9 Å². The Morgan fingerprint density at radius 2 is 1.90 bits per heavy atom. The lowest BCUT2D eigenvalue weighted by atomic mass is 10.2. The van der Waals surface area contributed by atoms with Crippen LogP contribution in [-0.2, 0) is 6.42 Å². The molecular weight excluding hydrogens is 286 g/mol. The van der Waals surface area contributed by atoms with Crippen molar-refractivity contribution >= 4 is 28.4 Å². The minimum atomic E-state index is -0.328. The summed E-state index contributed by atoms with van der Waals surface area (Å²) in [7, 11) is 0. The van der Waals surface area contributed by atoms with Crippen LogP contribution in [0.15, 0.2) is 35.0 Å². The Kier molecular flexibility index (Phi) is 5.57. The fourth-order valence-electron chi connectivity index (χ4n) is 2.06. The molecule has 21 heavy (non-hydrogen) atoms. The zero-order chi connectivity index (χ0) is 15.1. The SMILES string of the molecule is CCCNc1cccc(NCCc2ccsc2)c1[N+](=O)[O-]. The van der Waals surface area contributed by atoms with Gasteiger partial charge in [-0.15, -0.1) is 0 Å². The molecule has 2 N–H and O–H groups in total. The predicted molar refractivity (Wildman–Crippen MR) is 88.4 cm³/mol. The molecule has 0 unspecified atom stereocenters. The number of nitro groups is 1. The summed E-state index contributed by atoms with van der Waals surface area (Å²) in [6.07, 6.45) is 1.78. The monoisotopic (exact) mass is 305 g/mol. The van der Waals surface area contributed by atoms with E-state index in [1.54, 1.807) is 23.5 Å². The van der Waals surface area contributed by atoms with E-state index in [0.717, 1.165) is 19.4 Å². The van der Waals surface area contributed by atoms with E-state index < -0.39 is 0 Å². The average Bonchev–Trinajstić information content (AvgIpc) is 2.98. The molecule has 1 aromatic heterocycles. The number of nitrogens with zero attached hydrogens (tertiary/aromatic N) is 1. The Morgan fingerprint density at radius 3 is 2.48 bits per heavy atom. The number of benzene rings is 1. The second-order valence-electron chi connectivity index (χ2n) is 4.69. The number of rotatable bonds is 8. The molecule has 1 heterocycles. The van der Waals surface area contributed by atoms with E-state index in [1.807, 2.05) is 18.4 Å². The van der Waals surface area contributed by atoms with E-state index in [4.69, 9.17) is 0 Å². The predicted octanol–water partition coefficient (Wildman–Crippen LogP) is 4.13. The molecular formula is C15H19N3O2S. The van der Waals surface area contributed by atoms with Crippen LogP contribution in [0.3, 0.4) is 0 Å². The number of hydrogen-bond acceptors (Lipinski definition) is 5. The molecule has 112 valence electrons. The van der Waals surface area contributed by atoms with Gasteiger partial charge in [0.25, 0.3) is 0 Å². The topological polar surface area (TPSA) is 67.2 Å². The number of thiophene rings is 1. The van der Waals surface area contributed by atoms with Gasteiger partial charge in [0.1, 0.15) is 11.4 Å². The van der Waals surface area contributed by atoms with Crippen LogP contribution in [0.25, 0.3) is 0 Å². The lowest BCUT2D eigenvalue weighted by Gasteiger charge is -2.11. The zero-order valence-electron chi connectivity index (χ0n) is 12.0. The van der Waals surface area contributed by atoms with Crippen LogP contribution in [-0.4, -0.2) is 18.0 Å². The molecule has 0 bridgehead atoms. The molecule has 0 saturated heterocycles. The van der Waals surface area contributed by atoms with Crippen molar-refractivity contribution in [3.63, 3.8) is 0 Å². The number of nitrogens with one attached hydrogen (secondary N) is 2. The maximum atomic E-state index is 11.3. The van der Waals surface area contributed by atoms with Crippen LogP contribution < -0.4 is 10.6 Å². The molecule has 0 aliphatic rings. The maximum Gasteiger partial charge on any atom is 0.315 e. The molecule has 0 saturated carbocycles. The largest absolute Gasteiger partial charge is 0.379 e. The first-order chi connectivity index (χ1) is 10.2. The normalized spacial score (nSPS) is 10.3. The van der Waals surface area contributed by atoms with E-state index >= 15 is 0 Å². The minimum absolute atomic E-state index is 0.122. The van der Waals surface area contributed by atoms with Gasteiger partial charge in [-0.2, -0.15) is 11.3 Å². The smallest absolute Gasteiger partial charge is 0.315 e. The summed E-state index contributed by atoms with van der Waals surface area (Å²) in [5, 5.41) is 21.7. The summed E-state index contributed by atoms with van der Waals surface area (Å²) in [5.41, 5.74) is 2.51. The molecule has 2 rings (SSSR count). The first kappa shape index (κ1) is 15.3. The number of para-hydroxylation sites is 1. The van der Waals surface area contributed by atoms with Crippen molar-refractivity contribution in [3.05, 3.63) is 50.7 Å². The summed E-state index contributed by atoms with van der Waals surface area (Å²) in [6, 6.07) is 7.40. The van der Waals surface area contributed by atoms with Crippen molar-refractivity contribution in [2.75, 3.05) is 23.7 Å². The Hall–Kier alpha value is -2.08. The Labute approximate surface area is 128 Å². The molecule has 1 aromatic carbocycles. The highest BCUT2D eigenvalue weighted by Crippen LogP contribution is 2.32. The first-order valence-electron chi connectivity index (χ1n) is 6.98. The van der Waals surface area contributed by atoms with Crippen LogP contribution in [0.2, 0.25) is 0 Å². The van der Waals surface area contributed by atoms with E-state index in [2.05, 4.69) is 22.1 Å². The van der Waals surface area contributed by atoms with Crippen molar-refractivity contribution < 1.29 is 4.92 Å². The third kappa shape index (κ3) is 4.19. The van der Waals surface area contributed by atoms with Crippen LogP contribution in [0.4, 0.5) is 17.1 Å². The van der Waals surface area contributed by atoms with E-state index in [-0.39, 0.29) is 10.6 Å². The first-order valence-corrected chi connectivity index (χ1v) is 7.93. The third-order valence-corrected chi connectivity index (χ3v) is 3.83. The highest BCUT2D eigenvalue weighted by molar-refractivity contribution is 7.07. The van der Waals surface area contributed by atoms with Crippen molar-refractivity contribution in [3.8, 4) is 0 Å². The Bertz CT molecular complexity index is 585. The quantitative estimate of drug-likeness (QED) is 0.568. The number of anilines is 2. The van der Waals surface area contributed by atoms with Gasteiger partial charge in [0.2, 0.25) is 0 Å². The number of hydrogen-bond donors (Lipinski definition) is 2. The Balaban J connectivity index is 2.08. The van der Waals surface area contributed by atoms with Gasteiger partial charge < -0.3 is 10.6 Å². The highest BCUT2D eigenvalue weighted by Gasteiger charge is 2.18. The summed E-state index contributed by atoms with van der Waals surface area (Å²) in [5.74, 6) is 0. The average molecular weight is 305 g/mol. The van der Waals surface area contributed by atoms with E-state index in [0.29, 0.717) is 17.9 Å². The molecule has 0 amide bonds. The molecule has 0 aliphatic heterocycles. The fourth-order valence-corrected chi connectivity index (χ4v) is 2.76. The lowest BCUT2D eigenvalue weighted by Crippen LogP contribution is -2.09. The van der Waals surface area contributed by atoms with Gasteiger partial charge in [0.05, 0.1) is 4.92 Å². The zero-order valence-corrected chi connectivity index (χ0v) is 12.8. The highest BCUT2D eigenvalue weighted by atomic mass is 32.1. The summed E-state index contributed by atoms with van der Waals surface area (Å²) < 4.78 is 0. The molecule has 6 heteroatoms. The van der Waals surface area contributed by atoms with E-state index in [9.17, 15) is 10.1 Å². The minimum Gasteiger partial charge on any atom is -0.379 e. The van der Waals surface area contributed by atoms with Crippen molar-refractivity contribution in [1.82, 2.24) is 0 Å². The maximum absolute atomic E-state index is 11.3. The van der Waals surface area contributed by atoms with Gasteiger partial charge in [0.15, 0.2) is 0 Å². The van der Waals surface area contributed by atoms with Crippen LogP contribution in [0, 0.1) is 10.1 Å². The Morgan fingerprint density at radius 1 is 1.19 bits per heavy atom. The van der Waals surface area contributed by atoms with Gasteiger partial charge in [-0.05, 0) is 47.4 Å². The van der Waals surface area contributed by atoms with E-state index in [1.165, 1.54) is 5.56 Å². The summed E-state index contributed by atoms with van der Waals surface area (Å²) in [6.45, 7) is 3.43. The van der Waals surface area contributed by atoms with Gasteiger partial charge in [-0.25, -0.2) is 0 Å². The third-order valence-electron chi connectivity index (χ3n) is 3.09. The van der Waals surface area contributed by atoms with Crippen LogP contribution >= 0.6 is 11.3 Å². The van der Waals surface area contributed by atoms with Crippen LogP contribution in [0.5, 0.6) is 0 Å². The van der Waals surface area contributed by atoms with Crippen molar-refractivity contribution in [2.24, 2.45) is 0 Å². The standard InChI is InChI=1S/C15H19N3O2S/c1-2-8-16-13-4-3-5-14(15(13)18(19)20)17-9-6-12-7-10-21-11-12/h3-5,7,10-11,16-17H,2,6,8-9H2,1H3. The summed E-state index contributed by atoms with van der Waals surface area (Å²) >= 11 is 1.66. The second-order valence-corrected chi connectivity index (χ2v) is 5.47. The molecule has 0 atom stereocenters. The molecule has 0 spiro atoms. The molecule has 0 radical (unpaired) electrons. The number of nitro benzene ring substituents is 1.